The average molecular weight is 450 g/mol. The van der Waals surface area contributed by atoms with E-state index in [1.807, 2.05) is 24.3 Å². The molecule has 0 aliphatic heterocycles. The monoisotopic (exact) mass is 449 g/mol. The van der Waals surface area contributed by atoms with Gasteiger partial charge in [0.15, 0.2) is 0 Å². The second-order valence-electron chi connectivity index (χ2n) is 7.55. The standard InChI is InChI=1S/C26H31N3O4/c1-18-21(11-8-12-22(18)20-9-6-5-7-10-20)17-33-25-15-24(31-3)23(26(29-25)32-4)16-27-13-14-28-19(2)30/h5-12,15,27H,13-14,16-17H2,1-4H3,(H,28,30). The highest BCUT2D eigenvalue weighted by Gasteiger charge is 2.16. The van der Waals surface area contributed by atoms with Gasteiger partial charge in [0, 0.05) is 32.6 Å². The quantitative estimate of drug-likeness (QED) is 0.433. The Hall–Kier alpha value is -3.58. The summed E-state index contributed by atoms with van der Waals surface area (Å²) in [5, 5.41) is 6.01. The first kappa shape index (κ1) is 24.1. The lowest BCUT2D eigenvalue weighted by atomic mass is 9.97. The largest absolute Gasteiger partial charge is 0.496 e. The van der Waals surface area contributed by atoms with Crippen molar-refractivity contribution >= 4 is 5.91 Å². The number of ether oxygens (including phenoxy) is 3. The molecule has 0 aliphatic carbocycles. The van der Waals surface area contributed by atoms with Crippen LogP contribution < -0.4 is 24.8 Å². The summed E-state index contributed by atoms with van der Waals surface area (Å²) in [5.74, 6) is 1.43. The molecule has 2 aromatic carbocycles. The van der Waals surface area contributed by atoms with Gasteiger partial charge in [0.2, 0.25) is 17.7 Å². The number of amides is 1. The van der Waals surface area contributed by atoms with Crippen LogP contribution in [0.1, 0.15) is 23.6 Å². The van der Waals surface area contributed by atoms with Crippen LogP contribution in [-0.4, -0.2) is 38.2 Å². The highest BCUT2D eigenvalue weighted by molar-refractivity contribution is 5.72. The number of carbonyl (C=O) groups is 1. The van der Waals surface area contributed by atoms with Gasteiger partial charge in [-0.05, 0) is 29.2 Å². The highest BCUT2D eigenvalue weighted by Crippen LogP contribution is 2.32. The van der Waals surface area contributed by atoms with E-state index < -0.39 is 0 Å². The van der Waals surface area contributed by atoms with E-state index in [1.54, 1.807) is 20.3 Å². The number of hydrogen-bond donors (Lipinski definition) is 2. The molecule has 3 rings (SSSR count). The first-order valence-corrected chi connectivity index (χ1v) is 10.9. The lowest BCUT2D eigenvalue weighted by Gasteiger charge is -2.16. The minimum absolute atomic E-state index is 0.0559. The number of methoxy groups -OCH3 is 2. The van der Waals surface area contributed by atoms with Crippen LogP contribution >= 0.6 is 0 Å². The summed E-state index contributed by atoms with van der Waals surface area (Å²) in [5.41, 5.74) is 5.40. The van der Waals surface area contributed by atoms with E-state index >= 15 is 0 Å². The molecule has 1 aromatic heterocycles. The van der Waals surface area contributed by atoms with Gasteiger partial charge in [0.05, 0.1) is 19.8 Å². The molecular weight excluding hydrogens is 418 g/mol. The van der Waals surface area contributed by atoms with Crippen molar-refractivity contribution in [2.24, 2.45) is 0 Å². The summed E-state index contributed by atoms with van der Waals surface area (Å²) < 4.78 is 17.1. The molecule has 0 saturated carbocycles. The number of benzene rings is 2. The van der Waals surface area contributed by atoms with Gasteiger partial charge in [-0.2, -0.15) is 4.98 Å². The molecule has 0 saturated heterocycles. The van der Waals surface area contributed by atoms with E-state index in [2.05, 4.69) is 46.8 Å². The number of nitrogens with one attached hydrogen (secondary N) is 2. The molecule has 0 atom stereocenters. The van der Waals surface area contributed by atoms with Gasteiger partial charge >= 0.3 is 0 Å². The van der Waals surface area contributed by atoms with Crippen molar-refractivity contribution in [2.45, 2.75) is 27.0 Å². The molecule has 7 heteroatoms. The normalized spacial score (nSPS) is 10.5. The molecule has 0 spiro atoms. The zero-order valence-electron chi connectivity index (χ0n) is 19.6. The molecule has 33 heavy (non-hydrogen) atoms. The lowest BCUT2D eigenvalue weighted by molar-refractivity contribution is -0.118. The second-order valence-corrected chi connectivity index (χ2v) is 7.55. The van der Waals surface area contributed by atoms with Crippen molar-refractivity contribution in [1.82, 2.24) is 15.6 Å². The van der Waals surface area contributed by atoms with Gasteiger partial charge in [-0.15, -0.1) is 0 Å². The van der Waals surface area contributed by atoms with E-state index in [4.69, 9.17) is 14.2 Å². The molecule has 7 nitrogen and oxygen atoms in total. The predicted molar refractivity (Wildman–Crippen MR) is 129 cm³/mol. The van der Waals surface area contributed by atoms with Gasteiger partial charge in [-0.3, -0.25) is 4.79 Å². The van der Waals surface area contributed by atoms with E-state index in [0.717, 1.165) is 11.1 Å². The smallest absolute Gasteiger partial charge is 0.224 e. The SMILES string of the molecule is COc1cc(OCc2cccc(-c3ccccc3)c2C)nc(OC)c1CNCCNC(C)=O. The summed E-state index contributed by atoms with van der Waals surface area (Å²) in [7, 11) is 3.17. The maximum atomic E-state index is 11.0. The van der Waals surface area contributed by atoms with Crippen molar-refractivity contribution < 1.29 is 19.0 Å². The molecule has 3 aromatic rings. The molecule has 2 N–H and O–H groups in total. The van der Waals surface area contributed by atoms with Crippen molar-refractivity contribution in [2.75, 3.05) is 27.3 Å². The number of carbonyl (C=O) groups excluding carboxylic acids is 1. The molecular formula is C26H31N3O4. The van der Waals surface area contributed by atoms with Gasteiger partial charge in [0.1, 0.15) is 12.4 Å². The Bertz CT molecular complexity index is 1050. The minimum Gasteiger partial charge on any atom is -0.496 e. The Morgan fingerprint density at radius 3 is 2.48 bits per heavy atom. The van der Waals surface area contributed by atoms with Crippen molar-refractivity contribution in [3.63, 3.8) is 0 Å². The van der Waals surface area contributed by atoms with E-state index in [0.29, 0.717) is 43.8 Å². The number of pyridine rings is 1. The van der Waals surface area contributed by atoms with Crippen LogP contribution in [0.4, 0.5) is 0 Å². The van der Waals surface area contributed by atoms with Gasteiger partial charge in [-0.1, -0.05) is 48.5 Å². The zero-order chi connectivity index (χ0) is 23.6. The van der Waals surface area contributed by atoms with Gasteiger partial charge < -0.3 is 24.8 Å². The van der Waals surface area contributed by atoms with E-state index in [1.165, 1.54) is 23.6 Å². The highest BCUT2D eigenvalue weighted by atomic mass is 16.5. The maximum absolute atomic E-state index is 11.0. The molecule has 174 valence electrons. The summed E-state index contributed by atoms with van der Waals surface area (Å²) in [6, 6.07) is 18.3. The third-order valence-electron chi connectivity index (χ3n) is 5.32. The van der Waals surface area contributed by atoms with Crippen LogP contribution in [-0.2, 0) is 17.9 Å². The van der Waals surface area contributed by atoms with Crippen LogP contribution in [0.25, 0.3) is 11.1 Å². The Morgan fingerprint density at radius 2 is 1.79 bits per heavy atom. The lowest BCUT2D eigenvalue weighted by Crippen LogP contribution is -2.30. The van der Waals surface area contributed by atoms with Crippen molar-refractivity contribution in [3.8, 4) is 28.6 Å². The molecule has 1 amide bonds. The van der Waals surface area contributed by atoms with Crippen molar-refractivity contribution in [3.05, 3.63) is 71.3 Å². The van der Waals surface area contributed by atoms with Gasteiger partial charge in [-0.25, -0.2) is 0 Å². The van der Waals surface area contributed by atoms with Crippen molar-refractivity contribution in [1.29, 1.82) is 0 Å². The van der Waals surface area contributed by atoms with Crippen LogP contribution in [0, 0.1) is 6.92 Å². The Labute approximate surface area is 195 Å². The summed E-state index contributed by atoms with van der Waals surface area (Å²) >= 11 is 0. The molecule has 0 aliphatic rings. The average Bonchev–Trinajstić information content (AvgIpc) is 2.83. The Kier molecular flexibility index (Phi) is 8.66. The minimum atomic E-state index is -0.0559. The Balaban J connectivity index is 1.72. The molecule has 0 radical (unpaired) electrons. The second kappa shape index (κ2) is 11.9. The molecule has 0 bridgehead atoms. The number of aromatic nitrogens is 1. The number of nitrogens with zero attached hydrogens (tertiary/aromatic N) is 1. The maximum Gasteiger partial charge on any atom is 0.224 e. The van der Waals surface area contributed by atoms with Crippen LogP contribution in [0.15, 0.2) is 54.6 Å². The summed E-state index contributed by atoms with van der Waals surface area (Å²) in [6.07, 6.45) is 0. The molecule has 0 fully saturated rings. The molecule has 0 unspecified atom stereocenters. The first-order chi connectivity index (χ1) is 16.0. The first-order valence-electron chi connectivity index (χ1n) is 10.9. The van der Waals surface area contributed by atoms with Gasteiger partial charge in [0.25, 0.3) is 0 Å². The Morgan fingerprint density at radius 1 is 1.00 bits per heavy atom. The van der Waals surface area contributed by atoms with Crippen LogP contribution in [0.5, 0.6) is 17.5 Å². The third-order valence-corrected chi connectivity index (χ3v) is 5.32. The topological polar surface area (TPSA) is 81.7 Å². The predicted octanol–water partition coefficient (Wildman–Crippen LogP) is 3.88. The fourth-order valence-electron chi connectivity index (χ4n) is 3.55. The van der Waals surface area contributed by atoms with Crippen LogP contribution in [0.3, 0.4) is 0 Å². The fraction of sp³-hybridized carbons (Fsp3) is 0.308. The summed E-state index contributed by atoms with van der Waals surface area (Å²) in [6.45, 7) is 5.61. The van der Waals surface area contributed by atoms with Crippen LogP contribution in [0.2, 0.25) is 0 Å². The van der Waals surface area contributed by atoms with E-state index in [-0.39, 0.29) is 5.91 Å². The zero-order valence-corrected chi connectivity index (χ0v) is 19.6. The number of rotatable bonds is 11. The molecule has 1 heterocycles. The number of hydrogen-bond acceptors (Lipinski definition) is 6. The fourth-order valence-corrected chi connectivity index (χ4v) is 3.55. The van der Waals surface area contributed by atoms with E-state index in [9.17, 15) is 4.79 Å². The third kappa shape index (κ3) is 6.46. The summed E-state index contributed by atoms with van der Waals surface area (Å²) in [4.78, 5) is 15.5.